The van der Waals surface area contributed by atoms with Crippen LogP contribution < -0.4 is 5.32 Å². The zero-order valence-corrected chi connectivity index (χ0v) is 14.6. The van der Waals surface area contributed by atoms with Crippen LogP contribution in [0.2, 0.25) is 0 Å². The van der Waals surface area contributed by atoms with Crippen LogP contribution in [-0.4, -0.2) is 22.6 Å². The predicted octanol–water partition coefficient (Wildman–Crippen LogP) is 4.13. The molecular weight excluding hydrogens is 288 g/mol. The van der Waals surface area contributed by atoms with Gasteiger partial charge in [0.2, 0.25) is 5.78 Å². The summed E-state index contributed by atoms with van der Waals surface area (Å²) in [6, 6.07) is 5.61. The van der Waals surface area contributed by atoms with Gasteiger partial charge in [0.15, 0.2) is 5.78 Å². The Bertz CT molecular complexity index is 772. The van der Waals surface area contributed by atoms with Crippen molar-refractivity contribution in [2.45, 2.75) is 47.6 Å². The first-order valence-electron chi connectivity index (χ1n) is 7.81. The molecule has 2 aromatic rings. The number of hydrogen-bond acceptors (Lipinski definition) is 3. The van der Waals surface area contributed by atoms with E-state index in [4.69, 9.17) is 0 Å². The van der Waals surface area contributed by atoms with Gasteiger partial charge in [-0.1, -0.05) is 12.1 Å². The Morgan fingerprint density at radius 1 is 1.09 bits per heavy atom. The highest BCUT2D eigenvalue weighted by Gasteiger charge is 2.23. The van der Waals surface area contributed by atoms with Gasteiger partial charge in [-0.05, 0) is 64.3 Å². The number of hydrogen-bond donors (Lipinski definition) is 2. The van der Waals surface area contributed by atoms with Crippen molar-refractivity contribution in [3.63, 3.8) is 0 Å². The number of carbonyl (C=O) groups is 2. The predicted molar refractivity (Wildman–Crippen MR) is 93.6 cm³/mol. The van der Waals surface area contributed by atoms with Gasteiger partial charge in [-0.25, -0.2) is 0 Å². The molecule has 1 aromatic carbocycles. The van der Waals surface area contributed by atoms with E-state index in [0.29, 0.717) is 11.3 Å². The van der Waals surface area contributed by atoms with E-state index in [0.717, 1.165) is 22.5 Å². The molecule has 0 bridgehead atoms. The lowest BCUT2D eigenvalue weighted by molar-refractivity contribution is 0.0970. The van der Waals surface area contributed by atoms with E-state index in [1.54, 1.807) is 0 Å². The second-order valence-electron chi connectivity index (χ2n) is 6.16. The van der Waals surface area contributed by atoms with Gasteiger partial charge in [0.1, 0.15) is 0 Å². The Kier molecular flexibility index (Phi) is 4.73. The first-order valence-corrected chi connectivity index (χ1v) is 7.81. The number of aromatic amines is 1. The Morgan fingerprint density at radius 2 is 1.74 bits per heavy atom. The van der Waals surface area contributed by atoms with Gasteiger partial charge in [-0.2, -0.15) is 0 Å². The summed E-state index contributed by atoms with van der Waals surface area (Å²) in [6.45, 7) is 11.1. The normalized spacial score (nSPS) is 12.1. The molecule has 0 aliphatic carbocycles. The highest BCUT2D eigenvalue weighted by molar-refractivity contribution is 6.05. The van der Waals surface area contributed by atoms with Gasteiger partial charge in [-0.15, -0.1) is 0 Å². The molecule has 0 aliphatic rings. The lowest BCUT2D eigenvalue weighted by atomic mass is 10.0. The highest BCUT2D eigenvalue weighted by Crippen LogP contribution is 2.22. The van der Waals surface area contributed by atoms with Gasteiger partial charge in [-0.3, -0.25) is 9.59 Å². The van der Waals surface area contributed by atoms with Crippen LogP contribution in [0.5, 0.6) is 0 Å². The van der Waals surface area contributed by atoms with Gasteiger partial charge >= 0.3 is 0 Å². The van der Waals surface area contributed by atoms with Crippen molar-refractivity contribution in [1.82, 2.24) is 4.98 Å². The monoisotopic (exact) mass is 312 g/mol. The molecule has 0 unspecified atom stereocenters. The summed E-state index contributed by atoms with van der Waals surface area (Å²) >= 11 is 0. The second-order valence-corrected chi connectivity index (χ2v) is 6.16. The number of nitrogens with one attached hydrogen (secondary N) is 2. The van der Waals surface area contributed by atoms with Crippen molar-refractivity contribution in [1.29, 1.82) is 0 Å². The summed E-state index contributed by atoms with van der Waals surface area (Å²) in [5, 5.41) is 3.28. The highest BCUT2D eigenvalue weighted by atomic mass is 16.1. The number of ketones is 2. The number of carbonyl (C=O) groups excluding carboxylic acids is 2. The van der Waals surface area contributed by atoms with Gasteiger partial charge in [0, 0.05) is 16.9 Å². The largest absolute Gasteiger partial charge is 0.375 e. The van der Waals surface area contributed by atoms with E-state index < -0.39 is 0 Å². The smallest absolute Gasteiger partial charge is 0.201 e. The third kappa shape index (κ3) is 3.21. The van der Waals surface area contributed by atoms with Crippen LogP contribution in [0.1, 0.15) is 57.1 Å². The summed E-state index contributed by atoms with van der Waals surface area (Å²) in [6.07, 6.45) is 0. The molecule has 0 saturated heterocycles. The Labute approximate surface area is 137 Å². The van der Waals surface area contributed by atoms with Crippen molar-refractivity contribution < 1.29 is 9.59 Å². The standard InChI is InChI=1S/C19H24N2O2/c1-10-8-7-9-16(11(10)2)20-14(5)19(23)18-12(3)17(15(6)22)13(4)21-18/h7-9,14,20-21H,1-6H3/t14-/m1/s1. The number of aryl methyl sites for hydroxylation is 2. The average molecular weight is 312 g/mol. The third-order valence-corrected chi connectivity index (χ3v) is 4.41. The molecule has 2 N–H and O–H groups in total. The van der Waals surface area contributed by atoms with E-state index >= 15 is 0 Å². The number of benzene rings is 1. The van der Waals surface area contributed by atoms with Crippen molar-refractivity contribution in [2.24, 2.45) is 0 Å². The Hall–Kier alpha value is -2.36. The molecule has 0 fully saturated rings. The van der Waals surface area contributed by atoms with E-state index in [2.05, 4.69) is 10.3 Å². The summed E-state index contributed by atoms with van der Waals surface area (Å²) < 4.78 is 0. The van der Waals surface area contributed by atoms with Crippen molar-refractivity contribution in [3.8, 4) is 0 Å². The molecule has 4 heteroatoms. The van der Waals surface area contributed by atoms with Crippen LogP contribution in [0.15, 0.2) is 18.2 Å². The van der Waals surface area contributed by atoms with Crippen LogP contribution in [0.4, 0.5) is 5.69 Å². The second kappa shape index (κ2) is 6.41. The van der Waals surface area contributed by atoms with Crippen LogP contribution in [-0.2, 0) is 0 Å². The van der Waals surface area contributed by atoms with Gasteiger partial charge in [0.25, 0.3) is 0 Å². The van der Waals surface area contributed by atoms with E-state index in [1.165, 1.54) is 12.5 Å². The summed E-state index contributed by atoms with van der Waals surface area (Å²) in [5.74, 6) is -0.0653. The topological polar surface area (TPSA) is 62.0 Å². The fourth-order valence-corrected chi connectivity index (χ4v) is 2.95. The summed E-state index contributed by atoms with van der Waals surface area (Å²) in [7, 11) is 0. The zero-order valence-electron chi connectivity index (χ0n) is 14.6. The molecule has 2 rings (SSSR count). The molecule has 1 heterocycles. The van der Waals surface area contributed by atoms with Crippen LogP contribution in [0.3, 0.4) is 0 Å². The maximum absolute atomic E-state index is 12.7. The zero-order chi connectivity index (χ0) is 17.3. The number of anilines is 1. The molecule has 1 atom stereocenters. The number of rotatable bonds is 5. The molecule has 0 spiro atoms. The molecule has 122 valence electrons. The van der Waals surface area contributed by atoms with Crippen LogP contribution >= 0.6 is 0 Å². The molecule has 4 nitrogen and oxygen atoms in total. The molecule has 0 saturated carbocycles. The molecule has 0 aliphatic heterocycles. The SMILES string of the molecule is CC(=O)c1c(C)[nH]c(C(=O)[C@@H](C)Nc2cccc(C)c2C)c1C. The van der Waals surface area contributed by atoms with Gasteiger partial charge < -0.3 is 10.3 Å². The van der Waals surface area contributed by atoms with Crippen molar-refractivity contribution >= 4 is 17.3 Å². The van der Waals surface area contributed by atoms with Crippen molar-refractivity contribution in [2.75, 3.05) is 5.32 Å². The third-order valence-electron chi connectivity index (χ3n) is 4.41. The molecule has 0 radical (unpaired) electrons. The minimum absolute atomic E-state index is 0.0227. The quantitative estimate of drug-likeness (QED) is 0.816. The maximum Gasteiger partial charge on any atom is 0.201 e. The number of H-pyrrole nitrogens is 1. The Balaban J connectivity index is 2.29. The van der Waals surface area contributed by atoms with Crippen LogP contribution in [0.25, 0.3) is 0 Å². The van der Waals surface area contributed by atoms with Crippen molar-refractivity contribution in [3.05, 3.63) is 51.8 Å². The lowest BCUT2D eigenvalue weighted by Gasteiger charge is -2.17. The number of aromatic nitrogens is 1. The fourth-order valence-electron chi connectivity index (χ4n) is 2.95. The van der Waals surface area contributed by atoms with E-state index in [9.17, 15) is 9.59 Å². The first kappa shape index (κ1) is 17.0. The van der Waals surface area contributed by atoms with E-state index in [-0.39, 0.29) is 17.6 Å². The van der Waals surface area contributed by atoms with E-state index in [1.807, 2.05) is 52.8 Å². The summed E-state index contributed by atoms with van der Waals surface area (Å²) in [5.41, 5.74) is 5.88. The minimum Gasteiger partial charge on any atom is -0.375 e. The fraction of sp³-hybridized carbons (Fsp3) is 0.368. The number of Topliss-reactive ketones (excluding diaryl/α,β-unsaturated/α-hetero) is 2. The average Bonchev–Trinajstić information content (AvgIpc) is 2.78. The van der Waals surface area contributed by atoms with Gasteiger partial charge in [0.05, 0.1) is 11.7 Å². The lowest BCUT2D eigenvalue weighted by Crippen LogP contribution is -2.27. The molecular formula is C19H24N2O2. The Morgan fingerprint density at radius 3 is 2.30 bits per heavy atom. The maximum atomic E-state index is 12.7. The summed E-state index contributed by atoms with van der Waals surface area (Å²) in [4.78, 5) is 27.5. The molecule has 23 heavy (non-hydrogen) atoms. The van der Waals surface area contributed by atoms with Crippen LogP contribution in [0, 0.1) is 27.7 Å². The minimum atomic E-state index is -0.382. The molecule has 0 amide bonds. The molecule has 1 aromatic heterocycles. The first-order chi connectivity index (χ1) is 10.7.